The summed E-state index contributed by atoms with van der Waals surface area (Å²) < 4.78 is 12.1. The Bertz CT molecular complexity index is 658. The van der Waals surface area contributed by atoms with Crippen molar-refractivity contribution in [2.45, 2.75) is 6.92 Å². The van der Waals surface area contributed by atoms with E-state index in [2.05, 4.69) is 15.9 Å². The standard InChI is InChI=1S/C15H14BrNO2S/c1-9-3-6-12(14(7-9)18-2)19-13-8-10(16)4-5-11(13)15(17)20/h3-8H,1-2H3,(H2,17,20). The molecule has 0 fully saturated rings. The fourth-order valence-electron chi connectivity index (χ4n) is 1.76. The van der Waals surface area contributed by atoms with Crippen molar-refractivity contribution in [1.29, 1.82) is 0 Å². The van der Waals surface area contributed by atoms with Gasteiger partial charge in [-0.05, 0) is 42.8 Å². The van der Waals surface area contributed by atoms with Gasteiger partial charge in [0.15, 0.2) is 11.5 Å². The van der Waals surface area contributed by atoms with Gasteiger partial charge in [0.2, 0.25) is 0 Å². The van der Waals surface area contributed by atoms with E-state index in [4.69, 9.17) is 27.4 Å². The van der Waals surface area contributed by atoms with E-state index < -0.39 is 0 Å². The van der Waals surface area contributed by atoms with Gasteiger partial charge in [0.1, 0.15) is 10.7 Å². The number of halogens is 1. The molecule has 0 aromatic heterocycles. The lowest BCUT2D eigenvalue weighted by molar-refractivity contribution is 0.378. The van der Waals surface area contributed by atoms with E-state index in [0.717, 1.165) is 10.0 Å². The summed E-state index contributed by atoms with van der Waals surface area (Å²) in [7, 11) is 1.61. The summed E-state index contributed by atoms with van der Waals surface area (Å²) in [6.45, 7) is 1.99. The molecule has 0 saturated carbocycles. The fraction of sp³-hybridized carbons (Fsp3) is 0.133. The number of ether oxygens (including phenoxy) is 2. The van der Waals surface area contributed by atoms with Crippen LogP contribution in [0.5, 0.6) is 17.2 Å². The van der Waals surface area contributed by atoms with Crippen molar-refractivity contribution in [2.24, 2.45) is 5.73 Å². The normalized spacial score (nSPS) is 10.2. The highest BCUT2D eigenvalue weighted by atomic mass is 79.9. The summed E-state index contributed by atoms with van der Waals surface area (Å²) in [6.07, 6.45) is 0. The molecule has 0 aliphatic heterocycles. The van der Waals surface area contributed by atoms with Gasteiger partial charge in [0.25, 0.3) is 0 Å². The highest BCUT2D eigenvalue weighted by Crippen LogP contribution is 2.35. The highest BCUT2D eigenvalue weighted by Gasteiger charge is 2.11. The summed E-state index contributed by atoms with van der Waals surface area (Å²) in [4.78, 5) is 0.290. The van der Waals surface area contributed by atoms with E-state index in [1.807, 2.05) is 43.3 Å². The van der Waals surface area contributed by atoms with Crippen LogP contribution in [0.1, 0.15) is 11.1 Å². The van der Waals surface area contributed by atoms with Gasteiger partial charge in [0.05, 0.1) is 12.7 Å². The number of rotatable bonds is 4. The third-order valence-electron chi connectivity index (χ3n) is 2.75. The van der Waals surface area contributed by atoms with Crippen molar-refractivity contribution in [3.63, 3.8) is 0 Å². The molecule has 0 aliphatic carbocycles. The lowest BCUT2D eigenvalue weighted by atomic mass is 10.2. The van der Waals surface area contributed by atoms with E-state index in [1.54, 1.807) is 7.11 Å². The molecule has 0 amide bonds. The maximum atomic E-state index is 5.91. The predicted molar refractivity (Wildman–Crippen MR) is 87.8 cm³/mol. The molecule has 0 atom stereocenters. The van der Waals surface area contributed by atoms with Gasteiger partial charge >= 0.3 is 0 Å². The summed E-state index contributed by atoms with van der Waals surface area (Å²) in [6, 6.07) is 11.2. The summed E-state index contributed by atoms with van der Waals surface area (Å²) in [5, 5.41) is 0. The number of hydrogen-bond donors (Lipinski definition) is 1. The maximum Gasteiger partial charge on any atom is 0.169 e. The molecular formula is C15H14BrNO2S. The average molecular weight is 352 g/mol. The monoisotopic (exact) mass is 351 g/mol. The first-order chi connectivity index (χ1) is 9.51. The Morgan fingerprint density at radius 3 is 2.50 bits per heavy atom. The van der Waals surface area contributed by atoms with Crippen molar-refractivity contribution in [3.8, 4) is 17.2 Å². The molecule has 20 heavy (non-hydrogen) atoms. The molecule has 104 valence electrons. The van der Waals surface area contributed by atoms with Crippen molar-refractivity contribution in [3.05, 3.63) is 52.0 Å². The van der Waals surface area contributed by atoms with Gasteiger partial charge in [-0.3, -0.25) is 0 Å². The van der Waals surface area contributed by atoms with Crippen LogP contribution < -0.4 is 15.2 Å². The first-order valence-electron chi connectivity index (χ1n) is 5.93. The molecule has 2 N–H and O–H groups in total. The molecular weight excluding hydrogens is 338 g/mol. The molecule has 0 spiro atoms. The van der Waals surface area contributed by atoms with Gasteiger partial charge in [-0.1, -0.05) is 34.2 Å². The Labute approximate surface area is 131 Å². The summed E-state index contributed by atoms with van der Waals surface area (Å²) in [5.74, 6) is 1.88. The first kappa shape index (κ1) is 14.8. The third-order valence-corrected chi connectivity index (χ3v) is 3.46. The second kappa shape index (κ2) is 6.24. The van der Waals surface area contributed by atoms with Gasteiger partial charge in [0, 0.05) is 4.47 Å². The number of benzene rings is 2. The van der Waals surface area contributed by atoms with Crippen LogP contribution in [0.15, 0.2) is 40.9 Å². The second-order valence-electron chi connectivity index (χ2n) is 4.26. The fourth-order valence-corrected chi connectivity index (χ4v) is 2.27. The topological polar surface area (TPSA) is 44.5 Å². The minimum absolute atomic E-state index is 0.290. The van der Waals surface area contributed by atoms with Crippen LogP contribution in [0, 0.1) is 6.92 Å². The first-order valence-corrected chi connectivity index (χ1v) is 7.13. The zero-order valence-electron chi connectivity index (χ0n) is 11.1. The molecule has 0 unspecified atom stereocenters. The number of aryl methyl sites for hydroxylation is 1. The van der Waals surface area contributed by atoms with Crippen LogP contribution in [-0.4, -0.2) is 12.1 Å². The van der Waals surface area contributed by atoms with Crippen molar-refractivity contribution in [1.82, 2.24) is 0 Å². The van der Waals surface area contributed by atoms with Gasteiger partial charge in [-0.25, -0.2) is 0 Å². The predicted octanol–water partition coefficient (Wildman–Crippen LogP) is 4.19. The van der Waals surface area contributed by atoms with E-state index >= 15 is 0 Å². The van der Waals surface area contributed by atoms with Crippen LogP contribution >= 0.6 is 28.1 Å². The number of methoxy groups -OCH3 is 1. The number of nitrogens with two attached hydrogens (primary N) is 1. The molecule has 3 nitrogen and oxygen atoms in total. The zero-order chi connectivity index (χ0) is 14.7. The van der Waals surface area contributed by atoms with Gasteiger partial charge < -0.3 is 15.2 Å². The Morgan fingerprint density at radius 1 is 1.10 bits per heavy atom. The lowest BCUT2D eigenvalue weighted by Crippen LogP contribution is -2.10. The van der Waals surface area contributed by atoms with Crippen molar-refractivity contribution >= 4 is 33.1 Å². The smallest absolute Gasteiger partial charge is 0.169 e. The zero-order valence-corrected chi connectivity index (χ0v) is 13.5. The number of hydrogen-bond acceptors (Lipinski definition) is 3. The molecule has 0 heterocycles. The molecule has 0 aliphatic rings. The molecule has 0 bridgehead atoms. The maximum absolute atomic E-state index is 5.91. The molecule has 0 radical (unpaired) electrons. The molecule has 2 rings (SSSR count). The minimum atomic E-state index is 0.290. The third kappa shape index (κ3) is 3.29. The lowest BCUT2D eigenvalue weighted by Gasteiger charge is -2.14. The van der Waals surface area contributed by atoms with Gasteiger partial charge in [-0.15, -0.1) is 0 Å². The van der Waals surface area contributed by atoms with Crippen LogP contribution in [0.25, 0.3) is 0 Å². The number of thiocarbonyl (C=S) groups is 1. The van der Waals surface area contributed by atoms with Crippen LogP contribution in [0.2, 0.25) is 0 Å². The Hall–Kier alpha value is -1.59. The molecule has 2 aromatic carbocycles. The summed E-state index contributed by atoms with van der Waals surface area (Å²) >= 11 is 8.45. The Morgan fingerprint density at radius 2 is 1.85 bits per heavy atom. The molecule has 2 aromatic rings. The van der Waals surface area contributed by atoms with E-state index in [9.17, 15) is 0 Å². The highest BCUT2D eigenvalue weighted by molar-refractivity contribution is 9.10. The van der Waals surface area contributed by atoms with Gasteiger partial charge in [-0.2, -0.15) is 0 Å². The van der Waals surface area contributed by atoms with E-state index in [0.29, 0.717) is 27.8 Å². The van der Waals surface area contributed by atoms with E-state index in [1.165, 1.54) is 0 Å². The Balaban J connectivity index is 2.44. The summed E-state index contributed by atoms with van der Waals surface area (Å²) in [5.41, 5.74) is 7.50. The Kier molecular flexibility index (Phi) is 4.62. The van der Waals surface area contributed by atoms with Crippen LogP contribution in [0.4, 0.5) is 0 Å². The SMILES string of the molecule is COc1cc(C)ccc1Oc1cc(Br)ccc1C(N)=S. The van der Waals surface area contributed by atoms with Crippen LogP contribution in [-0.2, 0) is 0 Å². The van der Waals surface area contributed by atoms with Crippen molar-refractivity contribution in [2.75, 3.05) is 7.11 Å². The van der Waals surface area contributed by atoms with E-state index in [-0.39, 0.29) is 0 Å². The average Bonchev–Trinajstić information content (AvgIpc) is 2.40. The molecule has 0 saturated heterocycles. The minimum Gasteiger partial charge on any atom is -0.493 e. The largest absolute Gasteiger partial charge is 0.493 e. The second-order valence-corrected chi connectivity index (χ2v) is 5.62. The van der Waals surface area contributed by atoms with Crippen molar-refractivity contribution < 1.29 is 9.47 Å². The molecule has 5 heteroatoms. The van der Waals surface area contributed by atoms with Crippen LogP contribution in [0.3, 0.4) is 0 Å². The quantitative estimate of drug-likeness (QED) is 0.838.